The highest BCUT2D eigenvalue weighted by Gasteiger charge is 2.22. The highest BCUT2D eigenvalue weighted by atomic mass is 79.9. The molecular weight excluding hydrogens is 384 g/mol. The Morgan fingerprint density at radius 2 is 1.80 bits per heavy atom. The minimum Gasteiger partial charge on any atom is -0.321 e. The molecule has 7 heteroatoms. The fourth-order valence-electron chi connectivity index (χ4n) is 3.02. The number of carbonyl (C=O) groups is 2. The van der Waals surface area contributed by atoms with Crippen LogP contribution >= 0.6 is 15.9 Å². The molecule has 0 atom stereocenters. The first-order valence-electron chi connectivity index (χ1n) is 8.45. The molecule has 1 aliphatic rings. The quantitative estimate of drug-likeness (QED) is 0.809. The van der Waals surface area contributed by atoms with Crippen LogP contribution in [0.15, 0.2) is 34.8 Å². The zero-order chi connectivity index (χ0) is 17.8. The normalized spacial score (nSPS) is 15.0. The SMILES string of the molecule is Cn1nc(C(=O)Nc2ccc(Br)cc2)cc1NC(=O)C1CCCCC1. The summed E-state index contributed by atoms with van der Waals surface area (Å²) >= 11 is 3.36. The van der Waals surface area contributed by atoms with E-state index >= 15 is 0 Å². The number of nitrogens with one attached hydrogen (secondary N) is 2. The number of hydrogen-bond donors (Lipinski definition) is 2. The van der Waals surface area contributed by atoms with Crippen molar-refractivity contribution in [3.63, 3.8) is 0 Å². The molecule has 1 aromatic heterocycles. The van der Waals surface area contributed by atoms with Gasteiger partial charge in [0, 0.05) is 29.2 Å². The molecule has 0 bridgehead atoms. The fourth-order valence-corrected chi connectivity index (χ4v) is 3.28. The topological polar surface area (TPSA) is 76.0 Å². The van der Waals surface area contributed by atoms with E-state index in [1.807, 2.05) is 12.1 Å². The van der Waals surface area contributed by atoms with Crippen LogP contribution in [0.4, 0.5) is 11.5 Å². The highest BCUT2D eigenvalue weighted by molar-refractivity contribution is 9.10. The molecule has 2 aromatic rings. The van der Waals surface area contributed by atoms with Gasteiger partial charge in [0.2, 0.25) is 5.91 Å². The van der Waals surface area contributed by atoms with Gasteiger partial charge >= 0.3 is 0 Å². The molecule has 6 nitrogen and oxygen atoms in total. The van der Waals surface area contributed by atoms with Gasteiger partial charge in [0.15, 0.2) is 5.69 Å². The first-order chi connectivity index (χ1) is 12.0. The molecule has 25 heavy (non-hydrogen) atoms. The van der Waals surface area contributed by atoms with E-state index in [9.17, 15) is 9.59 Å². The summed E-state index contributed by atoms with van der Waals surface area (Å²) in [5, 5.41) is 9.90. The lowest BCUT2D eigenvalue weighted by Crippen LogP contribution is -2.25. The average Bonchev–Trinajstić information content (AvgIpc) is 2.98. The molecule has 0 aliphatic heterocycles. The van der Waals surface area contributed by atoms with Crippen molar-refractivity contribution in [1.29, 1.82) is 0 Å². The minimum atomic E-state index is -0.309. The summed E-state index contributed by atoms with van der Waals surface area (Å²) in [6.45, 7) is 0. The Labute approximate surface area is 155 Å². The number of benzene rings is 1. The fraction of sp³-hybridized carbons (Fsp3) is 0.389. The predicted octanol–water partition coefficient (Wildman–Crippen LogP) is 3.95. The van der Waals surface area contributed by atoms with Crippen LogP contribution in [0.3, 0.4) is 0 Å². The number of aryl methyl sites for hydroxylation is 1. The third-order valence-electron chi connectivity index (χ3n) is 4.44. The lowest BCUT2D eigenvalue weighted by molar-refractivity contribution is -0.120. The van der Waals surface area contributed by atoms with E-state index in [0.717, 1.165) is 30.2 Å². The van der Waals surface area contributed by atoms with E-state index in [2.05, 4.69) is 31.7 Å². The summed E-state index contributed by atoms with van der Waals surface area (Å²) in [5.74, 6) is 0.305. The van der Waals surface area contributed by atoms with Gasteiger partial charge in [-0.05, 0) is 37.1 Å². The average molecular weight is 405 g/mol. The third-order valence-corrected chi connectivity index (χ3v) is 4.97. The largest absolute Gasteiger partial charge is 0.321 e. The van der Waals surface area contributed by atoms with Crippen LogP contribution in [0.1, 0.15) is 42.6 Å². The molecular formula is C18H21BrN4O2. The van der Waals surface area contributed by atoms with Crippen molar-refractivity contribution < 1.29 is 9.59 Å². The van der Waals surface area contributed by atoms with Gasteiger partial charge in [0.1, 0.15) is 5.82 Å². The monoisotopic (exact) mass is 404 g/mol. The Balaban J connectivity index is 1.65. The second-order valence-corrected chi connectivity index (χ2v) is 7.24. The van der Waals surface area contributed by atoms with Gasteiger partial charge in [-0.25, -0.2) is 0 Å². The van der Waals surface area contributed by atoms with Crippen LogP contribution in [0, 0.1) is 5.92 Å². The van der Waals surface area contributed by atoms with Gasteiger partial charge in [-0.1, -0.05) is 35.2 Å². The molecule has 1 aromatic carbocycles. The van der Waals surface area contributed by atoms with E-state index in [1.54, 1.807) is 25.2 Å². The van der Waals surface area contributed by atoms with Crippen molar-refractivity contribution in [1.82, 2.24) is 9.78 Å². The van der Waals surface area contributed by atoms with Crippen molar-refractivity contribution >= 4 is 39.2 Å². The van der Waals surface area contributed by atoms with Crippen molar-refractivity contribution in [3.8, 4) is 0 Å². The maximum absolute atomic E-state index is 12.4. The first kappa shape index (κ1) is 17.7. The van der Waals surface area contributed by atoms with E-state index in [1.165, 1.54) is 11.1 Å². The molecule has 0 unspecified atom stereocenters. The van der Waals surface area contributed by atoms with Crippen LogP contribution in [0.25, 0.3) is 0 Å². The van der Waals surface area contributed by atoms with Crippen LogP contribution < -0.4 is 10.6 Å². The summed E-state index contributed by atoms with van der Waals surface area (Å²) in [5.41, 5.74) is 0.955. The van der Waals surface area contributed by atoms with Crippen molar-refractivity contribution in [2.75, 3.05) is 10.6 Å². The van der Waals surface area contributed by atoms with Gasteiger partial charge in [0.25, 0.3) is 5.91 Å². The molecule has 2 amide bonds. The Hall–Kier alpha value is -2.15. The maximum atomic E-state index is 12.4. The molecule has 0 spiro atoms. The van der Waals surface area contributed by atoms with Crippen LogP contribution in [-0.2, 0) is 11.8 Å². The number of hydrogen-bond acceptors (Lipinski definition) is 3. The van der Waals surface area contributed by atoms with Crippen molar-refractivity contribution in [2.24, 2.45) is 13.0 Å². The van der Waals surface area contributed by atoms with Crippen LogP contribution in [0.5, 0.6) is 0 Å². The second kappa shape index (κ2) is 7.82. The number of rotatable bonds is 4. The number of anilines is 2. The lowest BCUT2D eigenvalue weighted by Gasteiger charge is -2.20. The minimum absolute atomic E-state index is 0.0163. The Bertz CT molecular complexity index is 764. The van der Waals surface area contributed by atoms with E-state index in [4.69, 9.17) is 0 Å². The predicted molar refractivity (Wildman–Crippen MR) is 101 cm³/mol. The molecule has 3 rings (SSSR count). The standard InChI is InChI=1S/C18H21BrN4O2/c1-23-16(21-17(24)12-5-3-2-4-6-12)11-15(22-23)18(25)20-14-9-7-13(19)8-10-14/h7-12H,2-6H2,1H3,(H,20,25)(H,21,24). The number of halogens is 1. The summed E-state index contributed by atoms with van der Waals surface area (Å²) in [6.07, 6.45) is 5.27. The zero-order valence-electron chi connectivity index (χ0n) is 14.1. The number of amides is 2. The van der Waals surface area contributed by atoms with Gasteiger partial charge in [0.05, 0.1) is 0 Å². The number of carbonyl (C=O) groups excluding carboxylic acids is 2. The van der Waals surface area contributed by atoms with Crippen molar-refractivity contribution in [2.45, 2.75) is 32.1 Å². The molecule has 132 valence electrons. The molecule has 1 fully saturated rings. The van der Waals surface area contributed by atoms with Crippen LogP contribution in [-0.4, -0.2) is 21.6 Å². The van der Waals surface area contributed by atoms with Gasteiger partial charge < -0.3 is 10.6 Å². The summed E-state index contributed by atoms with van der Waals surface area (Å²) in [6, 6.07) is 8.91. The van der Waals surface area contributed by atoms with E-state index < -0.39 is 0 Å². The second-order valence-electron chi connectivity index (χ2n) is 6.32. The van der Waals surface area contributed by atoms with Crippen LogP contribution in [0.2, 0.25) is 0 Å². The van der Waals surface area contributed by atoms with E-state index in [-0.39, 0.29) is 23.4 Å². The van der Waals surface area contributed by atoms with Gasteiger partial charge in [-0.2, -0.15) is 5.10 Å². The summed E-state index contributed by atoms with van der Waals surface area (Å²) < 4.78 is 2.47. The molecule has 1 aliphatic carbocycles. The third kappa shape index (κ3) is 4.48. The van der Waals surface area contributed by atoms with Gasteiger partial charge in [-0.15, -0.1) is 0 Å². The summed E-state index contributed by atoms with van der Waals surface area (Å²) in [7, 11) is 1.72. The maximum Gasteiger partial charge on any atom is 0.276 e. The summed E-state index contributed by atoms with van der Waals surface area (Å²) in [4.78, 5) is 24.7. The Morgan fingerprint density at radius 3 is 2.48 bits per heavy atom. The number of nitrogens with zero attached hydrogens (tertiary/aromatic N) is 2. The zero-order valence-corrected chi connectivity index (χ0v) is 15.7. The Kier molecular flexibility index (Phi) is 5.53. The van der Waals surface area contributed by atoms with Crippen molar-refractivity contribution in [3.05, 3.63) is 40.5 Å². The lowest BCUT2D eigenvalue weighted by atomic mass is 9.89. The molecule has 1 heterocycles. The smallest absolute Gasteiger partial charge is 0.276 e. The van der Waals surface area contributed by atoms with Gasteiger partial charge in [-0.3, -0.25) is 14.3 Å². The molecule has 0 saturated heterocycles. The van der Waals surface area contributed by atoms with E-state index in [0.29, 0.717) is 11.5 Å². The molecule has 2 N–H and O–H groups in total. The highest BCUT2D eigenvalue weighted by Crippen LogP contribution is 2.25. The molecule has 0 radical (unpaired) electrons. The number of aromatic nitrogens is 2. The first-order valence-corrected chi connectivity index (χ1v) is 9.24. The molecule has 1 saturated carbocycles. The Morgan fingerprint density at radius 1 is 1.12 bits per heavy atom.